The maximum atomic E-state index is 12.9. The number of carboxylic acid groups (broad SMARTS) is 1. The van der Waals surface area contributed by atoms with Crippen LogP contribution < -0.4 is 16.1 Å². The standard InChI is InChI=1S/C24H21FN4O4/c1-15-4-2-3-5-20(15)28-21-11-8-17(24(32)33)12-18(21)14-27-29-23(31)22(30)26-13-16-6-9-19(25)10-7-16/h2-12,14,28H,13H2,1H3,(H,26,30)(H,29,31)(H,32,33)/b27-14-. The second kappa shape index (κ2) is 10.7. The molecule has 0 saturated carbocycles. The smallest absolute Gasteiger partial charge is 0.335 e. The first-order valence-electron chi connectivity index (χ1n) is 9.89. The van der Waals surface area contributed by atoms with E-state index in [1.807, 2.05) is 31.2 Å². The Morgan fingerprint density at radius 1 is 0.970 bits per heavy atom. The van der Waals surface area contributed by atoms with Gasteiger partial charge in [-0.25, -0.2) is 14.6 Å². The van der Waals surface area contributed by atoms with E-state index in [0.29, 0.717) is 16.8 Å². The number of para-hydroxylation sites is 1. The number of nitrogens with zero attached hydrogens (tertiary/aromatic N) is 1. The van der Waals surface area contributed by atoms with Crippen LogP contribution >= 0.6 is 0 Å². The Morgan fingerprint density at radius 3 is 2.39 bits per heavy atom. The van der Waals surface area contributed by atoms with E-state index in [0.717, 1.165) is 11.3 Å². The molecule has 3 aromatic carbocycles. The van der Waals surface area contributed by atoms with Crippen molar-refractivity contribution < 1.29 is 23.9 Å². The highest BCUT2D eigenvalue weighted by molar-refractivity contribution is 6.35. The Kier molecular flexibility index (Phi) is 7.48. The number of anilines is 2. The van der Waals surface area contributed by atoms with Gasteiger partial charge in [-0.2, -0.15) is 5.10 Å². The predicted octanol–water partition coefficient (Wildman–Crippen LogP) is 3.34. The molecule has 2 amide bonds. The molecule has 0 aliphatic heterocycles. The van der Waals surface area contributed by atoms with Crippen molar-refractivity contribution in [3.05, 3.63) is 94.8 Å². The number of carbonyl (C=O) groups excluding carboxylic acids is 2. The Balaban J connectivity index is 1.68. The zero-order valence-electron chi connectivity index (χ0n) is 17.6. The molecule has 0 bridgehead atoms. The maximum absolute atomic E-state index is 12.9. The second-order valence-electron chi connectivity index (χ2n) is 7.06. The van der Waals surface area contributed by atoms with Gasteiger partial charge in [0.25, 0.3) is 0 Å². The number of rotatable bonds is 7. The zero-order chi connectivity index (χ0) is 23.8. The summed E-state index contributed by atoms with van der Waals surface area (Å²) >= 11 is 0. The molecule has 9 heteroatoms. The van der Waals surface area contributed by atoms with E-state index in [2.05, 4.69) is 21.2 Å². The predicted molar refractivity (Wildman–Crippen MR) is 122 cm³/mol. The molecule has 3 aromatic rings. The molecule has 0 saturated heterocycles. The molecule has 0 atom stereocenters. The van der Waals surface area contributed by atoms with Crippen molar-refractivity contribution in [1.29, 1.82) is 0 Å². The summed E-state index contributed by atoms with van der Waals surface area (Å²) in [5.41, 5.74) is 5.53. The molecule has 168 valence electrons. The summed E-state index contributed by atoms with van der Waals surface area (Å²) < 4.78 is 12.9. The molecule has 0 aromatic heterocycles. The van der Waals surface area contributed by atoms with E-state index in [-0.39, 0.29) is 12.1 Å². The van der Waals surface area contributed by atoms with Gasteiger partial charge in [-0.15, -0.1) is 0 Å². The highest BCUT2D eigenvalue weighted by Crippen LogP contribution is 2.23. The summed E-state index contributed by atoms with van der Waals surface area (Å²) in [5, 5.41) is 18.7. The number of carbonyl (C=O) groups is 3. The van der Waals surface area contributed by atoms with E-state index in [1.54, 1.807) is 6.07 Å². The molecular weight excluding hydrogens is 427 g/mol. The molecule has 0 heterocycles. The van der Waals surface area contributed by atoms with Gasteiger partial charge < -0.3 is 15.7 Å². The quantitative estimate of drug-likeness (QED) is 0.251. The van der Waals surface area contributed by atoms with Gasteiger partial charge in [-0.05, 0) is 54.4 Å². The fourth-order valence-electron chi connectivity index (χ4n) is 2.85. The Morgan fingerprint density at radius 2 is 1.70 bits per heavy atom. The second-order valence-corrected chi connectivity index (χ2v) is 7.06. The lowest BCUT2D eigenvalue weighted by Crippen LogP contribution is -2.37. The number of carboxylic acids is 1. The third kappa shape index (κ3) is 6.47. The van der Waals surface area contributed by atoms with Crippen LogP contribution in [0.2, 0.25) is 0 Å². The fourth-order valence-corrected chi connectivity index (χ4v) is 2.85. The summed E-state index contributed by atoms with van der Waals surface area (Å²) in [6.45, 7) is 1.97. The SMILES string of the molecule is Cc1ccccc1Nc1ccc(C(=O)O)cc1/C=N\NC(=O)C(=O)NCc1ccc(F)cc1. The van der Waals surface area contributed by atoms with Crippen molar-refractivity contribution in [3.63, 3.8) is 0 Å². The molecule has 0 unspecified atom stereocenters. The van der Waals surface area contributed by atoms with Gasteiger partial charge in [0.05, 0.1) is 11.8 Å². The van der Waals surface area contributed by atoms with Crippen LogP contribution in [0.3, 0.4) is 0 Å². The van der Waals surface area contributed by atoms with Gasteiger partial charge in [0.2, 0.25) is 0 Å². The first-order valence-corrected chi connectivity index (χ1v) is 9.89. The minimum atomic E-state index is -1.11. The monoisotopic (exact) mass is 448 g/mol. The van der Waals surface area contributed by atoms with Crippen molar-refractivity contribution in [1.82, 2.24) is 10.7 Å². The molecule has 0 aliphatic rings. The van der Waals surface area contributed by atoms with Crippen molar-refractivity contribution >= 4 is 35.4 Å². The van der Waals surface area contributed by atoms with Crippen LogP contribution in [0.25, 0.3) is 0 Å². The van der Waals surface area contributed by atoms with E-state index < -0.39 is 23.6 Å². The number of nitrogens with one attached hydrogen (secondary N) is 3. The first kappa shape index (κ1) is 23.1. The Labute approximate surface area is 189 Å². The Bertz CT molecular complexity index is 1210. The average Bonchev–Trinajstić information content (AvgIpc) is 2.80. The lowest BCUT2D eigenvalue weighted by atomic mass is 10.1. The van der Waals surface area contributed by atoms with Gasteiger partial charge in [-0.3, -0.25) is 9.59 Å². The molecule has 3 rings (SSSR count). The zero-order valence-corrected chi connectivity index (χ0v) is 17.6. The molecule has 0 radical (unpaired) electrons. The lowest BCUT2D eigenvalue weighted by Gasteiger charge is -2.12. The van der Waals surface area contributed by atoms with Crippen LogP contribution in [0, 0.1) is 12.7 Å². The van der Waals surface area contributed by atoms with Gasteiger partial charge in [0, 0.05) is 23.5 Å². The normalized spacial score (nSPS) is 10.6. The number of aromatic carboxylic acids is 1. The topological polar surface area (TPSA) is 120 Å². The molecule has 4 N–H and O–H groups in total. The number of aryl methyl sites for hydroxylation is 1. The molecule has 0 fully saturated rings. The van der Waals surface area contributed by atoms with E-state index in [1.165, 1.54) is 42.6 Å². The number of halogens is 1. The third-order valence-electron chi connectivity index (χ3n) is 4.66. The van der Waals surface area contributed by atoms with Crippen LogP contribution in [-0.2, 0) is 16.1 Å². The fraction of sp³-hybridized carbons (Fsp3) is 0.0833. The van der Waals surface area contributed by atoms with Crippen LogP contribution in [0.4, 0.5) is 15.8 Å². The minimum Gasteiger partial charge on any atom is -0.478 e. The largest absolute Gasteiger partial charge is 0.478 e. The van der Waals surface area contributed by atoms with Crippen LogP contribution in [-0.4, -0.2) is 29.1 Å². The van der Waals surface area contributed by atoms with Crippen LogP contribution in [0.5, 0.6) is 0 Å². The molecule has 0 spiro atoms. The average molecular weight is 448 g/mol. The number of benzene rings is 3. The van der Waals surface area contributed by atoms with Crippen LogP contribution in [0.15, 0.2) is 71.8 Å². The van der Waals surface area contributed by atoms with Gasteiger partial charge in [-0.1, -0.05) is 30.3 Å². The summed E-state index contributed by atoms with van der Waals surface area (Å²) in [4.78, 5) is 35.3. The number of hydrogen-bond acceptors (Lipinski definition) is 5. The third-order valence-corrected chi connectivity index (χ3v) is 4.66. The lowest BCUT2D eigenvalue weighted by molar-refractivity contribution is -0.139. The van der Waals surface area contributed by atoms with Gasteiger partial charge in [0.1, 0.15) is 5.82 Å². The number of amides is 2. The van der Waals surface area contributed by atoms with E-state index in [4.69, 9.17) is 0 Å². The van der Waals surface area contributed by atoms with Gasteiger partial charge >= 0.3 is 17.8 Å². The van der Waals surface area contributed by atoms with Crippen molar-refractivity contribution in [2.24, 2.45) is 5.10 Å². The molecule has 0 aliphatic carbocycles. The van der Waals surface area contributed by atoms with E-state index >= 15 is 0 Å². The highest BCUT2D eigenvalue weighted by Gasteiger charge is 2.13. The van der Waals surface area contributed by atoms with Crippen molar-refractivity contribution in [3.8, 4) is 0 Å². The molecule has 33 heavy (non-hydrogen) atoms. The highest BCUT2D eigenvalue weighted by atomic mass is 19.1. The van der Waals surface area contributed by atoms with Crippen LogP contribution in [0.1, 0.15) is 27.0 Å². The van der Waals surface area contributed by atoms with Crippen molar-refractivity contribution in [2.75, 3.05) is 5.32 Å². The number of hydrogen-bond donors (Lipinski definition) is 4. The maximum Gasteiger partial charge on any atom is 0.335 e. The Hall–Kier alpha value is -4.53. The number of hydrazone groups is 1. The first-order chi connectivity index (χ1) is 15.8. The molecular formula is C24H21FN4O4. The van der Waals surface area contributed by atoms with Crippen molar-refractivity contribution in [2.45, 2.75) is 13.5 Å². The van der Waals surface area contributed by atoms with Gasteiger partial charge in [0.15, 0.2) is 0 Å². The summed E-state index contributed by atoms with van der Waals surface area (Å²) in [5.74, 6) is -3.44. The van der Waals surface area contributed by atoms with E-state index in [9.17, 15) is 23.9 Å². The summed E-state index contributed by atoms with van der Waals surface area (Å²) in [7, 11) is 0. The summed E-state index contributed by atoms with van der Waals surface area (Å²) in [6.07, 6.45) is 1.25. The summed E-state index contributed by atoms with van der Waals surface area (Å²) in [6, 6.07) is 17.5. The minimum absolute atomic E-state index is 0.0372. The molecule has 8 nitrogen and oxygen atoms in total.